The molecule has 0 aliphatic heterocycles. The summed E-state index contributed by atoms with van der Waals surface area (Å²) in [5.41, 5.74) is 0. The second-order valence-electron chi connectivity index (χ2n) is 3.16. The highest BCUT2D eigenvalue weighted by Gasteiger charge is 2.18. The normalized spacial score (nSPS) is 13.7. The Morgan fingerprint density at radius 2 is 2.18 bits per heavy atom. The summed E-state index contributed by atoms with van der Waals surface area (Å²) in [5.74, 6) is -0.301. The molecule has 0 spiro atoms. The standard InChI is InChI=1S/C11H13NO4S/c1-2-6-10(12-17(14)15)11(13)16-9-7-4-3-5-8-9/h2-5,7-8,10,12H,1,6H2,(H,14,15)/p-1. The topological polar surface area (TPSA) is 78.5 Å². The fourth-order valence-electron chi connectivity index (χ4n) is 1.15. The number of ether oxygens (including phenoxy) is 1. The lowest BCUT2D eigenvalue weighted by Crippen LogP contribution is -2.40. The predicted octanol–water partition coefficient (Wildman–Crippen LogP) is 0.920. The van der Waals surface area contributed by atoms with Crippen LogP contribution in [0, 0.1) is 0 Å². The maximum Gasteiger partial charge on any atom is 0.329 e. The fourth-order valence-corrected chi connectivity index (χ4v) is 1.58. The molecule has 5 nitrogen and oxygen atoms in total. The first-order chi connectivity index (χ1) is 8.13. The van der Waals surface area contributed by atoms with Crippen molar-refractivity contribution in [2.45, 2.75) is 12.5 Å². The van der Waals surface area contributed by atoms with E-state index in [1.54, 1.807) is 30.3 Å². The highest BCUT2D eigenvalue weighted by molar-refractivity contribution is 7.77. The van der Waals surface area contributed by atoms with Crippen LogP contribution in [0.15, 0.2) is 43.0 Å². The summed E-state index contributed by atoms with van der Waals surface area (Å²) in [4.78, 5) is 11.6. The molecule has 0 amide bonds. The minimum atomic E-state index is -2.52. The van der Waals surface area contributed by atoms with Gasteiger partial charge in [-0.1, -0.05) is 24.3 Å². The van der Waals surface area contributed by atoms with E-state index in [4.69, 9.17) is 4.74 Å². The summed E-state index contributed by atoms with van der Waals surface area (Å²) in [7, 11) is 0. The Bertz CT molecular complexity index is 407. The Morgan fingerprint density at radius 1 is 1.53 bits per heavy atom. The Morgan fingerprint density at radius 3 is 2.71 bits per heavy atom. The molecule has 2 unspecified atom stereocenters. The van der Waals surface area contributed by atoms with Crippen molar-refractivity contribution >= 4 is 17.2 Å². The van der Waals surface area contributed by atoms with E-state index in [1.165, 1.54) is 6.08 Å². The van der Waals surface area contributed by atoms with Gasteiger partial charge in [-0.3, -0.25) is 4.21 Å². The van der Waals surface area contributed by atoms with Crippen LogP contribution < -0.4 is 9.46 Å². The van der Waals surface area contributed by atoms with E-state index in [9.17, 15) is 13.6 Å². The van der Waals surface area contributed by atoms with Crippen LogP contribution >= 0.6 is 0 Å². The first kappa shape index (κ1) is 13.6. The monoisotopic (exact) mass is 254 g/mol. The van der Waals surface area contributed by atoms with Gasteiger partial charge < -0.3 is 9.29 Å². The van der Waals surface area contributed by atoms with Gasteiger partial charge in [0.05, 0.1) is 0 Å². The summed E-state index contributed by atoms with van der Waals surface area (Å²) in [6.45, 7) is 3.45. The predicted molar refractivity (Wildman–Crippen MR) is 62.7 cm³/mol. The fraction of sp³-hybridized carbons (Fsp3) is 0.182. The van der Waals surface area contributed by atoms with Crippen molar-refractivity contribution in [3.8, 4) is 5.75 Å². The van der Waals surface area contributed by atoms with Gasteiger partial charge >= 0.3 is 5.97 Å². The van der Waals surface area contributed by atoms with Crippen LogP contribution in [0.25, 0.3) is 0 Å². The van der Waals surface area contributed by atoms with Gasteiger partial charge in [0, 0.05) is 11.3 Å². The van der Waals surface area contributed by atoms with Gasteiger partial charge in [0.1, 0.15) is 11.8 Å². The summed E-state index contributed by atoms with van der Waals surface area (Å²) in [6, 6.07) is 7.47. The SMILES string of the molecule is C=CCC(NS(=O)[O-])C(=O)Oc1ccccc1. The second-order valence-corrected chi connectivity index (χ2v) is 3.87. The largest absolute Gasteiger partial charge is 0.760 e. The Kier molecular flexibility index (Phi) is 5.55. The van der Waals surface area contributed by atoms with Crippen LogP contribution in [-0.4, -0.2) is 20.8 Å². The molecule has 6 heteroatoms. The molecule has 0 fully saturated rings. The van der Waals surface area contributed by atoms with Crippen molar-refractivity contribution in [2.24, 2.45) is 0 Å². The molecular formula is C11H12NO4S-. The van der Waals surface area contributed by atoms with Crippen molar-refractivity contribution in [3.63, 3.8) is 0 Å². The van der Waals surface area contributed by atoms with Crippen molar-refractivity contribution in [3.05, 3.63) is 43.0 Å². The third kappa shape index (κ3) is 4.90. The van der Waals surface area contributed by atoms with E-state index >= 15 is 0 Å². The van der Waals surface area contributed by atoms with E-state index in [2.05, 4.69) is 11.3 Å². The molecule has 0 radical (unpaired) electrons. The molecule has 1 aromatic rings. The maximum atomic E-state index is 11.6. The van der Waals surface area contributed by atoms with Gasteiger partial charge in [0.2, 0.25) is 0 Å². The second kappa shape index (κ2) is 6.95. The van der Waals surface area contributed by atoms with Crippen LogP contribution in [0.2, 0.25) is 0 Å². The van der Waals surface area contributed by atoms with Gasteiger partial charge in [-0.25, -0.2) is 9.52 Å². The highest BCUT2D eigenvalue weighted by Crippen LogP contribution is 2.10. The molecule has 0 bridgehead atoms. The van der Waals surface area contributed by atoms with Gasteiger partial charge in [-0.15, -0.1) is 6.58 Å². The Hall–Kier alpha value is -1.50. The van der Waals surface area contributed by atoms with E-state index in [1.807, 2.05) is 0 Å². The maximum absolute atomic E-state index is 11.6. The summed E-state index contributed by atoms with van der Waals surface area (Å²) in [6.07, 6.45) is 1.61. The molecule has 0 aliphatic rings. The molecular weight excluding hydrogens is 242 g/mol. The molecule has 0 saturated heterocycles. The molecule has 0 aromatic heterocycles. The van der Waals surface area contributed by atoms with Crippen molar-refractivity contribution in [1.29, 1.82) is 0 Å². The molecule has 0 aliphatic carbocycles. The minimum Gasteiger partial charge on any atom is -0.760 e. The quantitative estimate of drug-likeness (QED) is 0.354. The van der Waals surface area contributed by atoms with Crippen LogP contribution in [0.1, 0.15) is 6.42 Å². The number of para-hydroxylation sites is 1. The molecule has 1 rings (SSSR count). The number of carbonyl (C=O) groups excluding carboxylic acids is 1. The summed E-state index contributed by atoms with van der Waals surface area (Å²) >= 11 is -2.52. The smallest absolute Gasteiger partial charge is 0.329 e. The van der Waals surface area contributed by atoms with Gasteiger partial charge in [0.15, 0.2) is 0 Å². The average molecular weight is 254 g/mol. The zero-order chi connectivity index (χ0) is 12.7. The van der Waals surface area contributed by atoms with Crippen LogP contribution in [-0.2, 0) is 16.1 Å². The molecule has 1 N–H and O–H groups in total. The first-order valence-electron chi connectivity index (χ1n) is 4.86. The zero-order valence-electron chi connectivity index (χ0n) is 9.00. The number of hydrogen-bond acceptors (Lipinski definition) is 4. The molecule has 92 valence electrons. The van der Waals surface area contributed by atoms with Crippen LogP contribution in [0.5, 0.6) is 5.75 Å². The number of benzene rings is 1. The molecule has 1 aromatic carbocycles. The third-order valence-corrected chi connectivity index (χ3v) is 2.36. The number of nitrogens with one attached hydrogen (secondary N) is 1. The first-order valence-corrected chi connectivity index (χ1v) is 5.94. The van der Waals surface area contributed by atoms with E-state index in [-0.39, 0.29) is 6.42 Å². The van der Waals surface area contributed by atoms with E-state index in [0.29, 0.717) is 5.75 Å². The lowest BCUT2D eigenvalue weighted by Gasteiger charge is -2.17. The number of hydrogen-bond donors (Lipinski definition) is 1. The van der Waals surface area contributed by atoms with E-state index < -0.39 is 23.3 Å². The Balaban J connectivity index is 2.65. The average Bonchev–Trinajstić information content (AvgIpc) is 2.29. The van der Waals surface area contributed by atoms with Crippen LogP contribution in [0.3, 0.4) is 0 Å². The summed E-state index contributed by atoms with van der Waals surface area (Å²) < 4.78 is 28.1. The zero-order valence-corrected chi connectivity index (χ0v) is 9.81. The van der Waals surface area contributed by atoms with E-state index in [0.717, 1.165) is 0 Å². The van der Waals surface area contributed by atoms with Crippen molar-refractivity contribution in [2.75, 3.05) is 0 Å². The highest BCUT2D eigenvalue weighted by atomic mass is 32.2. The number of carbonyl (C=O) groups is 1. The number of esters is 1. The summed E-state index contributed by atoms with van der Waals surface area (Å²) in [5, 5.41) is 0. The lowest BCUT2D eigenvalue weighted by molar-refractivity contribution is -0.136. The Labute approximate surface area is 102 Å². The van der Waals surface area contributed by atoms with Gasteiger partial charge in [-0.05, 0) is 18.6 Å². The minimum absolute atomic E-state index is 0.166. The molecule has 17 heavy (non-hydrogen) atoms. The lowest BCUT2D eigenvalue weighted by atomic mass is 10.2. The van der Waals surface area contributed by atoms with Crippen molar-refractivity contribution in [1.82, 2.24) is 4.72 Å². The van der Waals surface area contributed by atoms with Gasteiger partial charge in [0.25, 0.3) is 0 Å². The third-order valence-electron chi connectivity index (χ3n) is 1.89. The molecule has 0 saturated carbocycles. The van der Waals surface area contributed by atoms with Crippen molar-refractivity contribution < 1.29 is 18.3 Å². The van der Waals surface area contributed by atoms with Gasteiger partial charge in [-0.2, -0.15) is 0 Å². The molecule has 0 heterocycles. The molecule has 2 atom stereocenters. The number of rotatable bonds is 6. The van der Waals surface area contributed by atoms with Crippen LogP contribution in [0.4, 0.5) is 0 Å².